The second-order valence-corrected chi connectivity index (χ2v) is 8.44. The van der Waals surface area contributed by atoms with Crippen LogP contribution in [0.3, 0.4) is 0 Å². The van der Waals surface area contributed by atoms with Crippen molar-refractivity contribution in [1.29, 1.82) is 0 Å². The van der Waals surface area contributed by atoms with Crippen LogP contribution in [-0.2, 0) is 25.6 Å². The number of aliphatic carboxylic acids is 1. The average molecular weight is 393 g/mol. The summed E-state index contributed by atoms with van der Waals surface area (Å²) in [4.78, 5) is 46.3. The van der Waals surface area contributed by atoms with Gasteiger partial charge in [-0.3, -0.25) is 14.4 Å². The van der Waals surface area contributed by atoms with E-state index in [2.05, 4.69) is 5.32 Å². The first-order valence-electron chi connectivity index (χ1n) is 8.75. The van der Waals surface area contributed by atoms with Crippen LogP contribution in [0.5, 0.6) is 11.5 Å². The van der Waals surface area contributed by atoms with Crippen molar-refractivity contribution >= 4 is 24.3 Å². The van der Waals surface area contributed by atoms with Crippen molar-refractivity contribution in [3.8, 4) is 11.5 Å². The first kappa shape index (κ1) is 23.1. The molecule has 0 aliphatic carbocycles. The van der Waals surface area contributed by atoms with Gasteiger partial charge in [0.15, 0.2) is 11.5 Å². The quantitative estimate of drug-likeness (QED) is 0.414. The molecule has 8 heteroatoms. The normalized spacial score (nSPS) is 12.6. The Morgan fingerprint density at radius 3 is 1.93 bits per heavy atom. The lowest BCUT2D eigenvalue weighted by Gasteiger charge is -2.21. The predicted octanol–water partition coefficient (Wildman–Crippen LogP) is 2.33. The first-order valence-corrected chi connectivity index (χ1v) is 8.75. The van der Waals surface area contributed by atoms with Crippen LogP contribution in [0.25, 0.3) is 0 Å². The lowest BCUT2D eigenvalue weighted by atomic mass is 9.97. The van der Waals surface area contributed by atoms with Crippen molar-refractivity contribution in [2.75, 3.05) is 0 Å². The lowest BCUT2D eigenvalue weighted by Crippen LogP contribution is -2.37. The van der Waals surface area contributed by atoms with Crippen molar-refractivity contribution in [3.63, 3.8) is 0 Å². The minimum Gasteiger partial charge on any atom is -0.480 e. The van der Waals surface area contributed by atoms with Gasteiger partial charge in [-0.2, -0.15) is 0 Å². The number of carbonyl (C=O) groups excluding carboxylic acids is 3. The highest BCUT2D eigenvalue weighted by atomic mass is 16.6. The second-order valence-electron chi connectivity index (χ2n) is 8.44. The Bertz CT molecular complexity index is 757. The molecule has 1 aromatic carbocycles. The largest absolute Gasteiger partial charge is 0.480 e. The van der Waals surface area contributed by atoms with Crippen LogP contribution in [0, 0.1) is 10.8 Å². The van der Waals surface area contributed by atoms with E-state index in [0.29, 0.717) is 12.0 Å². The molecule has 0 bridgehead atoms. The molecule has 0 unspecified atom stereocenters. The summed E-state index contributed by atoms with van der Waals surface area (Å²) in [5, 5.41) is 11.4. The zero-order chi connectivity index (χ0) is 21.7. The van der Waals surface area contributed by atoms with Crippen molar-refractivity contribution in [3.05, 3.63) is 23.8 Å². The van der Waals surface area contributed by atoms with E-state index in [1.165, 1.54) is 12.1 Å². The fourth-order valence-corrected chi connectivity index (χ4v) is 1.88. The van der Waals surface area contributed by atoms with Crippen LogP contribution in [0.4, 0.5) is 0 Å². The molecule has 8 nitrogen and oxygen atoms in total. The third-order valence-electron chi connectivity index (χ3n) is 3.65. The summed E-state index contributed by atoms with van der Waals surface area (Å²) in [7, 11) is 0. The Labute approximate surface area is 164 Å². The van der Waals surface area contributed by atoms with Gasteiger partial charge in [0.2, 0.25) is 6.41 Å². The number of nitrogens with one attached hydrogen (secondary N) is 1. The molecule has 0 heterocycles. The maximum absolute atomic E-state index is 12.3. The summed E-state index contributed by atoms with van der Waals surface area (Å²) < 4.78 is 10.8. The highest BCUT2D eigenvalue weighted by Gasteiger charge is 2.28. The first-order chi connectivity index (χ1) is 12.8. The van der Waals surface area contributed by atoms with Crippen LogP contribution in [0.2, 0.25) is 0 Å². The number of amides is 1. The van der Waals surface area contributed by atoms with Crippen molar-refractivity contribution < 1.29 is 33.8 Å². The number of hydrogen-bond donors (Lipinski definition) is 2. The topological polar surface area (TPSA) is 119 Å². The van der Waals surface area contributed by atoms with E-state index in [0.717, 1.165) is 0 Å². The Hall–Kier alpha value is -2.90. The van der Waals surface area contributed by atoms with E-state index < -0.39 is 34.8 Å². The van der Waals surface area contributed by atoms with Crippen molar-refractivity contribution in [1.82, 2.24) is 5.32 Å². The Kier molecular flexibility index (Phi) is 7.32. The van der Waals surface area contributed by atoms with Gasteiger partial charge in [-0.25, -0.2) is 4.79 Å². The molecule has 0 fully saturated rings. The standard InChI is InChI=1S/C20H27NO7/c1-19(2,3)17(25)27-14-8-7-12(9-13(16(23)24)21-11-22)10-15(14)28-18(26)20(4,5)6/h7-8,10-11,13H,9H2,1-6H3,(H,21,22)(H,23,24)/t13-/m0/s1. The van der Waals surface area contributed by atoms with E-state index in [-0.39, 0.29) is 17.9 Å². The van der Waals surface area contributed by atoms with Gasteiger partial charge in [-0.15, -0.1) is 0 Å². The number of rotatable bonds is 7. The van der Waals surface area contributed by atoms with Crippen LogP contribution in [0.15, 0.2) is 18.2 Å². The monoisotopic (exact) mass is 393 g/mol. The van der Waals surface area contributed by atoms with Gasteiger partial charge in [0.05, 0.1) is 10.8 Å². The molecule has 1 aromatic rings. The van der Waals surface area contributed by atoms with Gasteiger partial charge in [-0.05, 0) is 59.2 Å². The van der Waals surface area contributed by atoms with Gasteiger partial charge in [0.25, 0.3) is 0 Å². The Balaban J connectivity index is 3.25. The van der Waals surface area contributed by atoms with E-state index in [1.54, 1.807) is 47.6 Å². The maximum Gasteiger partial charge on any atom is 0.326 e. The molecule has 0 saturated heterocycles. The summed E-state index contributed by atoms with van der Waals surface area (Å²) in [5.41, 5.74) is -1.09. The van der Waals surface area contributed by atoms with Gasteiger partial charge in [-0.1, -0.05) is 6.07 Å². The number of ether oxygens (including phenoxy) is 2. The Morgan fingerprint density at radius 2 is 1.50 bits per heavy atom. The summed E-state index contributed by atoms with van der Waals surface area (Å²) in [6.45, 7) is 10.1. The fraction of sp³-hybridized carbons (Fsp3) is 0.500. The molecule has 0 aromatic heterocycles. The highest BCUT2D eigenvalue weighted by Crippen LogP contribution is 2.32. The van der Waals surface area contributed by atoms with Gasteiger partial charge in [0.1, 0.15) is 6.04 Å². The van der Waals surface area contributed by atoms with E-state index in [9.17, 15) is 24.3 Å². The SMILES string of the molecule is CC(C)(C)C(=O)Oc1ccc(C[C@H](NC=O)C(=O)O)cc1OC(=O)C(C)(C)C. The summed E-state index contributed by atoms with van der Waals surface area (Å²) in [6, 6.07) is 3.26. The van der Waals surface area contributed by atoms with E-state index >= 15 is 0 Å². The summed E-state index contributed by atoms with van der Waals surface area (Å²) in [6.07, 6.45) is 0.264. The molecule has 0 aliphatic heterocycles. The molecule has 28 heavy (non-hydrogen) atoms. The van der Waals surface area contributed by atoms with Crippen LogP contribution >= 0.6 is 0 Å². The van der Waals surface area contributed by atoms with Crippen LogP contribution in [-0.4, -0.2) is 35.5 Å². The maximum atomic E-state index is 12.3. The number of carbonyl (C=O) groups is 4. The Morgan fingerprint density at radius 1 is 1.00 bits per heavy atom. The number of carboxylic acid groups (broad SMARTS) is 1. The smallest absolute Gasteiger partial charge is 0.326 e. The third kappa shape index (κ3) is 6.68. The number of hydrogen-bond acceptors (Lipinski definition) is 6. The zero-order valence-corrected chi connectivity index (χ0v) is 17.0. The fourth-order valence-electron chi connectivity index (χ4n) is 1.88. The minimum absolute atomic E-state index is 0.00488. The molecule has 1 atom stereocenters. The molecular weight excluding hydrogens is 366 g/mol. The predicted molar refractivity (Wildman–Crippen MR) is 101 cm³/mol. The molecule has 0 aliphatic rings. The van der Waals surface area contributed by atoms with E-state index in [4.69, 9.17) is 9.47 Å². The molecule has 0 spiro atoms. The molecule has 2 N–H and O–H groups in total. The van der Waals surface area contributed by atoms with E-state index in [1.807, 2.05) is 0 Å². The minimum atomic E-state index is -1.21. The van der Waals surface area contributed by atoms with Gasteiger partial charge < -0.3 is 19.9 Å². The second kappa shape index (κ2) is 8.86. The molecular formula is C20H27NO7. The molecule has 0 saturated carbocycles. The molecule has 1 amide bonds. The number of carboxylic acids is 1. The molecule has 154 valence electrons. The molecule has 0 radical (unpaired) electrons. The van der Waals surface area contributed by atoms with Crippen molar-refractivity contribution in [2.45, 2.75) is 54.0 Å². The highest BCUT2D eigenvalue weighted by molar-refractivity contribution is 5.81. The van der Waals surface area contributed by atoms with Crippen molar-refractivity contribution in [2.24, 2.45) is 10.8 Å². The van der Waals surface area contributed by atoms with Crippen LogP contribution in [0.1, 0.15) is 47.1 Å². The van der Waals surface area contributed by atoms with Gasteiger partial charge >= 0.3 is 17.9 Å². The lowest BCUT2D eigenvalue weighted by molar-refractivity contribution is -0.145. The van der Waals surface area contributed by atoms with Crippen LogP contribution < -0.4 is 14.8 Å². The molecule has 1 rings (SSSR count). The average Bonchev–Trinajstić information content (AvgIpc) is 2.54. The summed E-state index contributed by atoms with van der Waals surface area (Å²) in [5.74, 6) is -2.21. The van der Waals surface area contributed by atoms with Gasteiger partial charge in [0, 0.05) is 6.42 Å². The third-order valence-corrected chi connectivity index (χ3v) is 3.65. The summed E-state index contributed by atoms with van der Waals surface area (Å²) >= 11 is 0. The number of esters is 2. The zero-order valence-electron chi connectivity index (χ0n) is 17.0. The number of benzene rings is 1.